The zero-order chi connectivity index (χ0) is 27.0. The van der Waals surface area contributed by atoms with Crippen LogP contribution < -0.4 is 20.1 Å². The number of hydrogen-bond acceptors (Lipinski definition) is 8. The number of benzene rings is 2. The van der Waals surface area contributed by atoms with Gasteiger partial charge in [0.15, 0.2) is 11.5 Å². The molecule has 1 aliphatic carbocycles. The molecule has 208 valence electrons. The van der Waals surface area contributed by atoms with E-state index in [4.69, 9.17) is 14.6 Å². The molecule has 8 nitrogen and oxygen atoms in total. The molecule has 2 aliphatic heterocycles. The van der Waals surface area contributed by atoms with Gasteiger partial charge in [-0.1, -0.05) is 23.9 Å². The summed E-state index contributed by atoms with van der Waals surface area (Å²) in [6.45, 7) is 2.38. The fourth-order valence-corrected chi connectivity index (χ4v) is 6.84. The third kappa shape index (κ3) is 7.70. The fourth-order valence-electron chi connectivity index (χ4n) is 4.98. The van der Waals surface area contributed by atoms with Crippen molar-refractivity contribution in [2.75, 3.05) is 37.0 Å². The highest BCUT2D eigenvalue weighted by Crippen LogP contribution is 2.34. The number of carbonyl (C=O) groups excluding carboxylic acids is 2. The van der Waals surface area contributed by atoms with Gasteiger partial charge in [-0.3, -0.25) is 9.59 Å². The van der Waals surface area contributed by atoms with Gasteiger partial charge < -0.3 is 20.1 Å². The summed E-state index contributed by atoms with van der Waals surface area (Å²) >= 11 is 3.19. The second-order valence-corrected chi connectivity index (χ2v) is 12.4. The van der Waals surface area contributed by atoms with Crippen molar-refractivity contribution in [2.24, 2.45) is 5.10 Å². The van der Waals surface area contributed by atoms with Crippen molar-refractivity contribution in [1.29, 1.82) is 0 Å². The minimum Gasteiger partial charge on any atom is -0.493 e. The van der Waals surface area contributed by atoms with E-state index in [2.05, 4.69) is 10.6 Å². The lowest BCUT2D eigenvalue weighted by Gasteiger charge is -2.24. The van der Waals surface area contributed by atoms with Crippen molar-refractivity contribution in [3.8, 4) is 11.5 Å². The molecule has 2 N–H and O–H groups in total. The average molecular weight is 569 g/mol. The molecule has 2 aromatic carbocycles. The Morgan fingerprint density at radius 2 is 1.97 bits per heavy atom. The molecule has 3 aliphatic rings. The quantitative estimate of drug-likeness (QED) is 0.390. The van der Waals surface area contributed by atoms with Crippen LogP contribution in [0.4, 0.5) is 10.5 Å². The summed E-state index contributed by atoms with van der Waals surface area (Å²) in [5, 5.41) is 13.0. The number of amides is 2. The first-order chi connectivity index (χ1) is 19.1. The highest BCUT2D eigenvalue weighted by molar-refractivity contribution is 8.14. The predicted octanol–water partition coefficient (Wildman–Crippen LogP) is 5.51. The van der Waals surface area contributed by atoms with Crippen molar-refractivity contribution in [1.82, 2.24) is 10.3 Å². The number of rotatable bonds is 10. The molecule has 1 unspecified atom stereocenters. The molecule has 2 fully saturated rings. The molecular formula is C29H36N4O4S2. The van der Waals surface area contributed by atoms with Gasteiger partial charge in [-0.2, -0.15) is 16.9 Å². The molecular weight excluding hydrogens is 532 g/mol. The van der Waals surface area contributed by atoms with Gasteiger partial charge in [-0.05, 0) is 68.0 Å². The van der Waals surface area contributed by atoms with Gasteiger partial charge in [0.25, 0.3) is 0 Å². The number of anilines is 1. The lowest BCUT2D eigenvalue weighted by atomic mass is 10.1. The van der Waals surface area contributed by atoms with Gasteiger partial charge in [-0.15, -0.1) is 0 Å². The van der Waals surface area contributed by atoms with Crippen LogP contribution in [0.1, 0.15) is 49.7 Å². The molecule has 1 saturated carbocycles. The summed E-state index contributed by atoms with van der Waals surface area (Å²) in [7, 11) is 1.65. The molecule has 5 rings (SSSR count). The number of ether oxygens (including phenoxy) is 2. The minimum atomic E-state index is -0.0813. The third-order valence-electron chi connectivity index (χ3n) is 7.15. The third-order valence-corrected chi connectivity index (χ3v) is 9.33. The fraction of sp³-hybridized carbons (Fsp3) is 0.483. The zero-order valence-electron chi connectivity index (χ0n) is 22.3. The lowest BCUT2D eigenvalue weighted by molar-refractivity contribution is -0.116. The van der Waals surface area contributed by atoms with E-state index in [1.807, 2.05) is 54.2 Å². The Hall–Kier alpha value is -2.69. The molecule has 10 heteroatoms. The Labute approximate surface area is 238 Å². The number of methoxy groups -OCH3 is 1. The summed E-state index contributed by atoms with van der Waals surface area (Å²) in [5.41, 5.74) is 3.45. The number of carbonyl (C=O) groups is 2. The summed E-state index contributed by atoms with van der Waals surface area (Å²) in [6, 6.07) is 13.5. The smallest absolute Gasteiger partial charge is 0.302 e. The number of hydrogen-bond donors (Lipinski definition) is 2. The molecule has 0 bridgehead atoms. The number of nitrogens with zero attached hydrogens (tertiary/aromatic N) is 2. The standard InChI is InChI=1S/C29H36N4O4S2/c1-36-26-12-8-21(16-27(26)37-23-4-2-3-5-23)25-19-39-29(35)33(32-25)18-20-6-9-22(10-7-20)31-28(34)13-11-24-17-30-14-15-38-24/h6-10,12,16,23-24,30H,2-5,11,13-15,17-19H2,1H3,(H,31,34). The maximum atomic E-state index is 12.7. The summed E-state index contributed by atoms with van der Waals surface area (Å²) in [5.74, 6) is 3.07. The van der Waals surface area contributed by atoms with Crippen LogP contribution in [-0.2, 0) is 11.3 Å². The van der Waals surface area contributed by atoms with Crippen molar-refractivity contribution in [3.05, 3.63) is 53.6 Å². The Bertz CT molecular complexity index is 1180. The van der Waals surface area contributed by atoms with Crippen LogP contribution in [0.15, 0.2) is 47.6 Å². The van der Waals surface area contributed by atoms with E-state index < -0.39 is 0 Å². The van der Waals surface area contributed by atoms with E-state index >= 15 is 0 Å². The van der Waals surface area contributed by atoms with Crippen molar-refractivity contribution in [2.45, 2.75) is 56.4 Å². The van der Waals surface area contributed by atoms with Crippen LogP contribution in [0.2, 0.25) is 0 Å². The zero-order valence-corrected chi connectivity index (χ0v) is 24.0. The van der Waals surface area contributed by atoms with Crippen LogP contribution in [0.25, 0.3) is 0 Å². The minimum absolute atomic E-state index is 0.0292. The number of thioether (sulfide) groups is 2. The van der Waals surface area contributed by atoms with Gasteiger partial charge in [0, 0.05) is 47.5 Å². The van der Waals surface area contributed by atoms with Gasteiger partial charge in [0.1, 0.15) is 0 Å². The highest BCUT2D eigenvalue weighted by Gasteiger charge is 2.24. The maximum Gasteiger partial charge on any atom is 0.302 e. The van der Waals surface area contributed by atoms with Gasteiger partial charge >= 0.3 is 5.24 Å². The average Bonchev–Trinajstić information content (AvgIpc) is 3.48. The summed E-state index contributed by atoms with van der Waals surface area (Å²) in [6.07, 6.45) is 6.11. The molecule has 0 aromatic heterocycles. The molecule has 39 heavy (non-hydrogen) atoms. The largest absolute Gasteiger partial charge is 0.493 e. The monoisotopic (exact) mass is 568 g/mol. The first-order valence-corrected chi connectivity index (χ1v) is 15.7. The number of hydrazone groups is 1. The van der Waals surface area contributed by atoms with E-state index in [1.165, 1.54) is 29.6 Å². The first kappa shape index (κ1) is 27.9. The van der Waals surface area contributed by atoms with Gasteiger partial charge in [0.05, 0.1) is 25.5 Å². The normalized spacial score (nSPS) is 20.0. The molecule has 1 atom stereocenters. The maximum absolute atomic E-state index is 12.7. The van der Waals surface area contributed by atoms with E-state index in [0.29, 0.717) is 29.7 Å². The molecule has 0 radical (unpaired) electrons. The van der Waals surface area contributed by atoms with Crippen LogP contribution in [0.3, 0.4) is 0 Å². The topological polar surface area (TPSA) is 92.3 Å². The van der Waals surface area contributed by atoms with E-state index in [9.17, 15) is 9.59 Å². The predicted molar refractivity (Wildman–Crippen MR) is 159 cm³/mol. The Balaban J connectivity index is 1.20. The molecule has 2 heterocycles. The van der Waals surface area contributed by atoms with Crippen LogP contribution >= 0.6 is 23.5 Å². The van der Waals surface area contributed by atoms with Gasteiger partial charge in [-0.25, -0.2) is 5.01 Å². The van der Waals surface area contributed by atoms with Crippen LogP contribution in [-0.4, -0.2) is 64.9 Å². The van der Waals surface area contributed by atoms with E-state index in [1.54, 1.807) is 7.11 Å². The summed E-state index contributed by atoms with van der Waals surface area (Å²) < 4.78 is 11.8. The van der Waals surface area contributed by atoms with Crippen molar-refractivity contribution in [3.63, 3.8) is 0 Å². The molecule has 1 saturated heterocycles. The lowest BCUT2D eigenvalue weighted by Crippen LogP contribution is -2.33. The summed E-state index contributed by atoms with van der Waals surface area (Å²) in [4.78, 5) is 25.1. The van der Waals surface area contributed by atoms with Crippen LogP contribution in [0.5, 0.6) is 11.5 Å². The second kappa shape index (κ2) is 13.6. The molecule has 0 spiro atoms. The number of nitrogens with one attached hydrogen (secondary N) is 2. The highest BCUT2D eigenvalue weighted by atomic mass is 32.2. The van der Waals surface area contributed by atoms with E-state index in [-0.39, 0.29) is 17.3 Å². The first-order valence-electron chi connectivity index (χ1n) is 13.7. The van der Waals surface area contributed by atoms with Crippen molar-refractivity contribution >= 4 is 46.1 Å². The van der Waals surface area contributed by atoms with Crippen LogP contribution in [0, 0.1) is 0 Å². The van der Waals surface area contributed by atoms with Gasteiger partial charge in [0.2, 0.25) is 5.91 Å². The second-order valence-electron chi connectivity index (χ2n) is 10.0. The Morgan fingerprint density at radius 3 is 2.72 bits per heavy atom. The van der Waals surface area contributed by atoms with Crippen molar-refractivity contribution < 1.29 is 19.1 Å². The Kier molecular flexibility index (Phi) is 9.71. The molecule has 2 amide bonds. The molecule has 2 aromatic rings. The van der Waals surface area contributed by atoms with E-state index in [0.717, 1.165) is 66.4 Å². The Morgan fingerprint density at radius 1 is 1.15 bits per heavy atom. The SMILES string of the molecule is COc1ccc(C2=NN(Cc3ccc(NC(=O)CCC4CNCCS4)cc3)C(=O)SC2)cc1OC1CCCC1.